The second kappa shape index (κ2) is 7.40. The molecule has 1 unspecified atom stereocenters. The third kappa shape index (κ3) is 3.75. The molecule has 1 aliphatic rings. The van der Waals surface area contributed by atoms with Gasteiger partial charge in [0.1, 0.15) is 5.82 Å². The summed E-state index contributed by atoms with van der Waals surface area (Å²) in [4.78, 5) is 21.3. The number of likely N-dealkylation sites (tertiary alicyclic amines) is 1. The van der Waals surface area contributed by atoms with Crippen LogP contribution in [0.5, 0.6) is 0 Å². The van der Waals surface area contributed by atoms with Crippen LogP contribution in [0.1, 0.15) is 23.4 Å². The molecule has 3 heterocycles. The highest BCUT2D eigenvalue weighted by Crippen LogP contribution is 2.27. The number of nitrogens with zero attached hydrogens (tertiary/aromatic N) is 3. The summed E-state index contributed by atoms with van der Waals surface area (Å²) < 4.78 is 15.2. The fourth-order valence-corrected chi connectivity index (χ4v) is 4.65. The van der Waals surface area contributed by atoms with Crippen LogP contribution in [0.15, 0.2) is 30.5 Å². The number of benzene rings is 1. The maximum atomic E-state index is 13.1. The Balaban J connectivity index is 1.47. The van der Waals surface area contributed by atoms with E-state index in [-0.39, 0.29) is 17.6 Å². The monoisotopic (exact) mass is 386 g/mol. The zero-order valence-corrected chi connectivity index (χ0v) is 16.4. The molecule has 1 aromatic carbocycles. The molecule has 0 spiro atoms. The Labute approximate surface area is 161 Å². The minimum atomic E-state index is -0.252. The number of rotatable bonds is 4. The summed E-state index contributed by atoms with van der Waals surface area (Å²) in [5, 5.41) is 3.10. The van der Waals surface area contributed by atoms with Gasteiger partial charge in [0.2, 0.25) is 5.91 Å². The Bertz CT molecular complexity index is 962. The zero-order chi connectivity index (χ0) is 19.0. The van der Waals surface area contributed by atoms with Crippen LogP contribution >= 0.6 is 11.3 Å². The van der Waals surface area contributed by atoms with Crippen molar-refractivity contribution in [2.24, 2.45) is 5.92 Å². The second-order valence-corrected chi connectivity index (χ2v) is 8.28. The van der Waals surface area contributed by atoms with Crippen LogP contribution in [-0.4, -0.2) is 40.3 Å². The lowest BCUT2D eigenvalue weighted by Crippen LogP contribution is -2.41. The predicted molar refractivity (Wildman–Crippen MR) is 105 cm³/mol. The van der Waals surface area contributed by atoms with E-state index in [1.807, 2.05) is 17.5 Å². The number of nitrogens with one attached hydrogen (secondary N) is 1. The second-order valence-electron chi connectivity index (χ2n) is 7.22. The Morgan fingerprint density at radius 1 is 1.37 bits per heavy atom. The van der Waals surface area contributed by atoms with E-state index < -0.39 is 0 Å². The standard InChI is InChI=1S/C20H23FN4OS/c1-13-18(10-22-19(26)15-4-3-9-24(2)11-15)27-20-23-17(12-25(13)20)14-5-7-16(21)8-6-14/h5-8,12,15H,3-4,9-11H2,1-2H3,(H,22,26). The molecule has 5 nitrogen and oxygen atoms in total. The number of aromatic nitrogens is 2. The lowest BCUT2D eigenvalue weighted by Gasteiger charge is -2.28. The number of fused-ring (bicyclic) bond motifs is 1. The van der Waals surface area contributed by atoms with E-state index in [0.717, 1.165) is 52.7 Å². The van der Waals surface area contributed by atoms with E-state index in [1.165, 1.54) is 12.1 Å². The van der Waals surface area contributed by atoms with Gasteiger partial charge < -0.3 is 10.2 Å². The SMILES string of the molecule is Cc1c(CNC(=O)C2CCCN(C)C2)sc2nc(-c3ccc(F)cc3)cn12. The van der Waals surface area contributed by atoms with E-state index in [2.05, 4.69) is 22.2 Å². The normalized spacial score (nSPS) is 18.1. The summed E-state index contributed by atoms with van der Waals surface area (Å²) in [5.41, 5.74) is 2.80. The van der Waals surface area contributed by atoms with E-state index >= 15 is 0 Å². The van der Waals surface area contributed by atoms with Crippen molar-refractivity contribution in [3.05, 3.63) is 46.9 Å². The molecular weight excluding hydrogens is 363 g/mol. The fraction of sp³-hybridized carbons (Fsp3) is 0.400. The zero-order valence-electron chi connectivity index (χ0n) is 15.5. The Hall–Kier alpha value is -2.25. The fourth-order valence-electron chi connectivity index (χ4n) is 3.61. The molecule has 1 N–H and O–H groups in total. The number of carbonyl (C=O) groups excluding carboxylic acids is 1. The molecule has 2 aromatic heterocycles. The molecule has 142 valence electrons. The van der Waals surface area contributed by atoms with Crippen LogP contribution in [0.25, 0.3) is 16.2 Å². The maximum absolute atomic E-state index is 13.1. The van der Waals surface area contributed by atoms with Crippen LogP contribution in [0, 0.1) is 18.7 Å². The van der Waals surface area contributed by atoms with Crippen molar-refractivity contribution in [1.82, 2.24) is 19.6 Å². The van der Waals surface area contributed by atoms with Crippen LogP contribution in [-0.2, 0) is 11.3 Å². The average Bonchev–Trinajstić information content (AvgIpc) is 3.20. The van der Waals surface area contributed by atoms with Gasteiger partial charge in [-0.15, -0.1) is 0 Å². The first-order valence-corrected chi connectivity index (χ1v) is 10.0. The molecule has 7 heteroatoms. The summed E-state index contributed by atoms with van der Waals surface area (Å²) in [6, 6.07) is 6.36. The molecule has 0 radical (unpaired) electrons. The molecule has 1 amide bonds. The highest BCUT2D eigenvalue weighted by atomic mass is 32.1. The van der Waals surface area contributed by atoms with Gasteiger partial charge in [-0.2, -0.15) is 0 Å². The summed E-state index contributed by atoms with van der Waals surface area (Å²) in [7, 11) is 2.07. The van der Waals surface area contributed by atoms with Gasteiger partial charge in [0.15, 0.2) is 4.96 Å². The Morgan fingerprint density at radius 3 is 2.85 bits per heavy atom. The number of piperidine rings is 1. The van der Waals surface area contributed by atoms with Gasteiger partial charge in [0, 0.05) is 28.9 Å². The molecule has 1 aliphatic heterocycles. The van der Waals surface area contributed by atoms with E-state index in [0.29, 0.717) is 6.54 Å². The number of halogens is 1. The summed E-state index contributed by atoms with van der Waals surface area (Å²) >= 11 is 1.58. The maximum Gasteiger partial charge on any atom is 0.224 e. The minimum Gasteiger partial charge on any atom is -0.351 e. The lowest BCUT2D eigenvalue weighted by molar-refractivity contribution is -0.126. The molecule has 0 saturated carbocycles. The van der Waals surface area contributed by atoms with Gasteiger partial charge in [-0.1, -0.05) is 11.3 Å². The van der Waals surface area contributed by atoms with E-state index in [9.17, 15) is 9.18 Å². The third-order valence-electron chi connectivity index (χ3n) is 5.21. The van der Waals surface area contributed by atoms with Crippen molar-refractivity contribution in [3.63, 3.8) is 0 Å². The number of hydrogen-bond donors (Lipinski definition) is 1. The predicted octanol–water partition coefficient (Wildman–Crippen LogP) is 3.47. The van der Waals surface area contributed by atoms with Gasteiger partial charge in [0.05, 0.1) is 18.2 Å². The van der Waals surface area contributed by atoms with Gasteiger partial charge in [-0.05, 0) is 57.6 Å². The molecule has 3 aromatic rings. The smallest absolute Gasteiger partial charge is 0.224 e. The number of carbonyl (C=O) groups is 1. The number of thiazole rings is 1. The number of imidazole rings is 1. The van der Waals surface area contributed by atoms with Crippen LogP contribution in [0.3, 0.4) is 0 Å². The minimum absolute atomic E-state index is 0.0816. The van der Waals surface area contributed by atoms with Crippen molar-refractivity contribution >= 4 is 22.2 Å². The number of hydrogen-bond acceptors (Lipinski definition) is 4. The van der Waals surface area contributed by atoms with Gasteiger partial charge in [0.25, 0.3) is 0 Å². The number of amides is 1. The van der Waals surface area contributed by atoms with Crippen LogP contribution < -0.4 is 5.32 Å². The van der Waals surface area contributed by atoms with E-state index in [4.69, 9.17) is 0 Å². The van der Waals surface area contributed by atoms with Crippen molar-refractivity contribution in [2.75, 3.05) is 20.1 Å². The number of aryl methyl sites for hydroxylation is 1. The lowest BCUT2D eigenvalue weighted by atomic mass is 9.98. The molecule has 27 heavy (non-hydrogen) atoms. The molecule has 1 fully saturated rings. The van der Waals surface area contributed by atoms with E-state index in [1.54, 1.807) is 23.5 Å². The van der Waals surface area contributed by atoms with Crippen molar-refractivity contribution in [2.45, 2.75) is 26.3 Å². The van der Waals surface area contributed by atoms with Gasteiger partial charge >= 0.3 is 0 Å². The van der Waals surface area contributed by atoms with Crippen LogP contribution in [0.4, 0.5) is 4.39 Å². The highest BCUT2D eigenvalue weighted by molar-refractivity contribution is 7.17. The van der Waals surface area contributed by atoms with Gasteiger partial charge in [-0.25, -0.2) is 9.37 Å². The van der Waals surface area contributed by atoms with Gasteiger partial charge in [-0.3, -0.25) is 9.20 Å². The van der Waals surface area contributed by atoms with Crippen molar-refractivity contribution in [1.29, 1.82) is 0 Å². The molecule has 4 rings (SSSR count). The molecule has 0 aliphatic carbocycles. The molecule has 0 bridgehead atoms. The first-order chi connectivity index (χ1) is 13.0. The molecular formula is C20H23FN4OS. The summed E-state index contributed by atoms with van der Waals surface area (Å²) in [5.74, 6) is -0.0321. The molecule has 1 saturated heterocycles. The Morgan fingerprint density at radius 2 is 2.15 bits per heavy atom. The van der Waals surface area contributed by atoms with Crippen molar-refractivity contribution in [3.8, 4) is 11.3 Å². The molecule has 1 atom stereocenters. The van der Waals surface area contributed by atoms with Crippen LogP contribution in [0.2, 0.25) is 0 Å². The largest absolute Gasteiger partial charge is 0.351 e. The first kappa shape index (κ1) is 18.1. The highest BCUT2D eigenvalue weighted by Gasteiger charge is 2.24. The van der Waals surface area contributed by atoms with Crippen molar-refractivity contribution < 1.29 is 9.18 Å². The first-order valence-electron chi connectivity index (χ1n) is 9.21. The summed E-state index contributed by atoms with van der Waals surface area (Å²) in [6.07, 6.45) is 4.01. The topological polar surface area (TPSA) is 49.6 Å². The average molecular weight is 386 g/mol. The quantitative estimate of drug-likeness (QED) is 0.747. The Kier molecular flexibility index (Phi) is 4.97. The summed E-state index contributed by atoms with van der Waals surface area (Å²) in [6.45, 7) is 4.47. The third-order valence-corrected chi connectivity index (χ3v) is 6.37.